The van der Waals surface area contributed by atoms with Gasteiger partial charge in [0.25, 0.3) is 0 Å². The molecule has 1 aromatic carbocycles. The van der Waals surface area contributed by atoms with E-state index in [1.165, 1.54) is 33.1 Å². The number of benzene rings is 1. The van der Waals surface area contributed by atoms with E-state index in [-0.39, 0.29) is 0 Å². The molecule has 3 heteroatoms. The van der Waals surface area contributed by atoms with Crippen molar-refractivity contribution in [3.05, 3.63) is 51.0 Å². The molecule has 1 aromatic heterocycles. The summed E-state index contributed by atoms with van der Waals surface area (Å²) in [4.78, 5) is 6.22. The number of rotatable bonds is 7. The van der Waals surface area contributed by atoms with Crippen LogP contribution in [0.25, 0.3) is 0 Å². The maximum absolute atomic E-state index is 4.81. The van der Waals surface area contributed by atoms with Gasteiger partial charge in [-0.05, 0) is 31.9 Å². The minimum Gasteiger partial charge on any atom is -0.312 e. The summed E-state index contributed by atoms with van der Waals surface area (Å²) in [6.45, 7) is 8.57. The molecule has 1 heterocycles. The van der Waals surface area contributed by atoms with Gasteiger partial charge in [0.05, 0.1) is 10.7 Å². The quantitative estimate of drug-likeness (QED) is 0.776. The number of aryl methyl sites for hydroxylation is 2. The predicted octanol–water partition coefficient (Wildman–Crippen LogP) is 4.10. The van der Waals surface area contributed by atoms with Gasteiger partial charge in [0, 0.05) is 17.8 Å². The van der Waals surface area contributed by atoms with Gasteiger partial charge in [-0.3, -0.25) is 0 Å². The summed E-state index contributed by atoms with van der Waals surface area (Å²) in [5.74, 6) is 0. The first-order valence-corrected chi connectivity index (χ1v) is 8.28. The average Bonchev–Trinajstić information content (AvgIpc) is 2.81. The van der Waals surface area contributed by atoms with Crippen LogP contribution in [0.15, 0.2) is 24.3 Å². The average molecular weight is 288 g/mol. The molecule has 0 bridgehead atoms. The largest absolute Gasteiger partial charge is 0.312 e. The molecular weight excluding hydrogens is 264 g/mol. The van der Waals surface area contributed by atoms with E-state index >= 15 is 0 Å². The van der Waals surface area contributed by atoms with Crippen LogP contribution in [0.5, 0.6) is 0 Å². The van der Waals surface area contributed by atoms with Gasteiger partial charge < -0.3 is 5.32 Å². The third-order valence-electron chi connectivity index (χ3n) is 3.31. The molecule has 0 aliphatic carbocycles. The van der Waals surface area contributed by atoms with E-state index in [1.54, 1.807) is 0 Å². The van der Waals surface area contributed by atoms with Crippen molar-refractivity contribution >= 4 is 11.3 Å². The van der Waals surface area contributed by atoms with Crippen LogP contribution in [0.4, 0.5) is 0 Å². The Bertz CT molecular complexity index is 546. The van der Waals surface area contributed by atoms with Crippen LogP contribution in [0.3, 0.4) is 0 Å². The molecule has 0 fully saturated rings. The smallest absolute Gasteiger partial charge is 0.0975 e. The van der Waals surface area contributed by atoms with E-state index in [4.69, 9.17) is 4.98 Å². The van der Waals surface area contributed by atoms with Gasteiger partial charge in [-0.1, -0.05) is 43.7 Å². The number of hydrogen-bond acceptors (Lipinski definition) is 3. The number of nitrogens with one attached hydrogen (secondary N) is 1. The molecule has 0 amide bonds. The molecule has 0 unspecified atom stereocenters. The van der Waals surface area contributed by atoms with Crippen molar-refractivity contribution in [1.29, 1.82) is 0 Å². The number of aromatic nitrogens is 1. The van der Waals surface area contributed by atoms with Crippen LogP contribution in [-0.2, 0) is 19.4 Å². The number of nitrogens with zero attached hydrogens (tertiary/aromatic N) is 1. The topological polar surface area (TPSA) is 24.9 Å². The van der Waals surface area contributed by atoms with Crippen LogP contribution in [-0.4, -0.2) is 11.5 Å². The van der Waals surface area contributed by atoms with Crippen LogP contribution in [0.2, 0.25) is 0 Å². The van der Waals surface area contributed by atoms with Gasteiger partial charge in [0.15, 0.2) is 0 Å². The van der Waals surface area contributed by atoms with Crippen LogP contribution in [0, 0.1) is 6.92 Å². The van der Waals surface area contributed by atoms with Crippen molar-refractivity contribution in [2.75, 3.05) is 6.54 Å². The molecule has 2 aromatic rings. The molecule has 0 saturated carbocycles. The van der Waals surface area contributed by atoms with E-state index in [2.05, 4.69) is 50.4 Å². The highest BCUT2D eigenvalue weighted by molar-refractivity contribution is 7.11. The molecule has 0 radical (unpaired) electrons. The molecule has 108 valence electrons. The van der Waals surface area contributed by atoms with Crippen LogP contribution >= 0.6 is 11.3 Å². The number of hydrogen-bond donors (Lipinski definition) is 1. The zero-order valence-corrected chi connectivity index (χ0v) is 13.5. The Balaban J connectivity index is 2.08. The maximum Gasteiger partial charge on any atom is 0.0975 e. The highest BCUT2D eigenvalue weighted by atomic mass is 32.1. The lowest BCUT2D eigenvalue weighted by atomic mass is 10.1. The summed E-state index contributed by atoms with van der Waals surface area (Å²) in [6.07, 6.45) is 3.15. The summed E-state index contributed by atoms with van der Waals surface area (Å²) in [6, 6.07) is 8.71. The van der Waals surface area contributed by atoms with Gasteiger partial charge in [0.2, 0.25) is 0 Å². The fraction of sp³-hybridized carbons (Fsp3) is 0.471. The molecule has 0 aliphatic rings. The van der Waals surface area contributed by atoms with Gasteiger partial charge in [0.1, 0.15) is 0 Å². The molecule has 0 aliphatic heterocycles. The Kier molecular flexibility index (Phi) is 5.74. The Labute approximate surface area is 126 Å². The van der Waals surface area contributed by atoms with E-state index in [9.17, 15) is 0 Å². The molecule has 0 saturated heterocycles. The lowest BCUT2D eigenvalue weighted by molar-refractivity contribution is 0.676. The molecule has 20 heavy (non-hydrogen) atoms. The van der Waals surface area contributed by atoms with E-state index in [0.717, 1.165) is 25.9 Å². The van der Waals surface area contributed by atoms with Crippen LogP contribution in [0.1, 0.15) is 47.0 Å². The summed E-state index contributed by atoms with van der Waals surface area (Å²) in [5, 5.41) is 4.72. The van der Waals surface area contributed by atoms with Gasteiger partial charge in [-0.2, -0.15) is 0 Å². The van der Waals surface area contributed by atoms with Gasteiger partial charge >= 0.3 is 0 Å². The van der Waals surface area contributed by atoms with Crippen molar-refractivity contribution in [1.82, 2.24) is 10.3 Å². The van der Waals surface area contributed by atoms with E-state index in [0.29, 0.717) is 0 Å². The highest BCUT2D eigenvalue weighted by Gasteiger charge is 2.10. The Morgan fingerprint density at radius 3 is 2.80 bits per heavy atom. The normalized spacial score (nSPS) is 10.9. The monoisotopic (exact) mass is 288 g/mol. The Morgan fingerprint density at radius 1 is 1.25 bits per heavy atom. The van der Waals surface area contributed by atoms with Crippen molar-refractivity contribution < 1.29 is 0 Å². The minimum absolute atomic E-state index is 0.952. The standard InChI is InChI=1S/C17H24N2S/c1-4-9-18-12-16-15(5-2)19-17(20-16)11-14-8-6-7-13(3)10-14/h6-8,10,18H,4-5,9,11-12H2,1-3H3. The van der Waals surface area contributed by atoms with Gasteiger partial charge in [-0.15, -0.1) is 11.3 Å². The maximum atomic E-state index is 4.81. The Morgan fingerprint density at radius 2 is 2.10 bits per heavy atom. The first-order chi connectivity index (χ1) is 9.72. The lowest BCUT2D eigenvalue weighted by Gasteiger charge is -2.01. The van der Waals surface area contributed by atoms with E-state index in [1.807, 2.05) is 11.3 Å². The second-order valence-corrected chi connectivity index (χ2v) is 6.34. The zero-order valence-electron chi connectivity index (χ0n) is 12.7. The van der Waals surface area contributed by atoms with Crippen molar-refractivity contribution in [2.45, 2.75) is 46.6 Å². The zero-order chi connectivity index (χ0) is 14.4. The molecule has 0 spiro atoms. The fourth-order valence-electron chi connectivity index (χ4n) is 2.30. The molecule has 1 N–H and O–H groups in total. The summed E-state index contributed by atoms with van der Waals surface area (Å²) in [5.41, 5.74) is 3.94. The highest BCUT2D eigenvalue weighted by Crippen LogP contribution is 2.22. The SMILES string of the molecule is CCCNCc1sc(Cc2cccc(C)c2)nc1CC. The predicted molar refractivity (Wildman–Crippen MR) is 87.5 cm³/mol. The molecular formula is C17H24N2S. The van der Waals surface area contributed by atoms with E-state index < -0.39 is 0 Å². The second-order valence-electron chi connectivity index (χ2n) is 5.17. The number of thiazole rings is 1. The first-order valence-electron chi connectivity index (χ1n) is 7.46. The van der Waals surface area contributed by atoms with Crippen molar-refractivity contribution in [3.8, 4) is 0 Å². The third kappa shape index (κ3) is 4.15. The molecule has 2 nitrogen and oxygen atoms in total. The Hall–Kier alpha value is -1.19. The summed E-state index contributed by atoms with van der Waals surface area (Å²) >= 11 is 1.86. The minimum atomic E-state index is 0.952. The first kappa shape index (κ1) is 15.2. The lowest BCUT2D eigenvalue weighted by Crippen LogP contribution is -2.13. The fourth-order valence-corrected chi connectivity index (χ4v) is 3.46. The molecule has 2 rings (SSSR count). The summed E-state index contributed by atoms with van der Waals surface area (Å²) in [7, 11) is 0. The van der Waals surface area contributed by atoms with Gasteiger partial charge in [-0.25, -0.2) is 4.98 Å². The van der Waals surface area contributed by atoms with Crippen molar-refractivity contribution in [2.24, 2.45) is 0 Å². The second kappa shape index (κ2) is 7.55. The van der Waals surface area contributed by atoms with Crippen LogP contribution < -0.4 is 5.32 Å². The molecule has 0 atom stereocenters. The summed E-state index contributed by atoms with van der Waals surface area (Å²) < 4.78 is 0. The third-order valence-corrected chi connectivity index (χ3v) is 4.41. The van der Waals surface area contributed by atoms with Crippen molar-refractivity contribution in [3.63, 3.8) is 0 Å².